The average Bonchev–Trinajstić information content (AvgIpc) is 4.00. The topological polar surface area (TPSA) is 153 Å². The van der Waals surface area contributed by atoms with Crippen molar-refractivity contribution in [3.8, 4) is 19.5 Å². The maximum absolute atomic E-state index is 12.8. The van der Waals surface area contributed by atoms with Gasteiger partial charge in [0.25, 0.3) is 0 Å². The van der Waals surface area contributed by atoms with Gasteiger partial charge in [0.2, 0.25) is 0 Å². The summed E-state index contributed by atoms with van der Waals surface area (Å²) in [5.41, 5.74) is 5.54. The number of aromatic carboxylic acids is 1. The van der Waals surface area contributed by atoms with Crippen LogP contribution >= 0.6 is 45.3 Å². The van der Waals surface area contributed by atoms with Crippen molar-refractivity contribution in [1.82, 2.24) is 0 Å². The third-order valence-electron chi connectivity index (χ3n) is 8.65. The summed E-state index contributed by atoms with van der Waals surface area (Å²) in [6.07, 6.45) is 0.514. The van der Waals surface area contributed by atoms with Gasteiger partial charge >= 0.3 is 43.0 Å². The molecule has 0 spiro atoms. The minimum atomic E-state index is -0.916. The quantitative estimate of drug-likeness (QED) is 0.101. The van der Waals surface area contributed by atoms with Gasteiger partial charge in [-0.3, -0.25) is 9.80 Å². The molecule has 0 radical (unpaired) electrons. The smallest absolute Gasteiger partial charge is 0.870 e. The SMILES string of the molecule is CCOC(=O)c1cc2c(s1)-c1sccc1N(C(=O)OCc1ccccc1)CC2.O=C(O)c1cc2c(s1)-c1sccc1N(C(=O)OCc1ccccc1)CC2.[Li+].[OH-]. The van der Waals surface area contributed by atoms with E-state index in [0.717, 1.165) is 53.1 Å². The molecule has 2 amide bonds. The number of esters is 1. The third-order valence-corrected chi connectivity index (χ3v) is 13.1. The van der Waals surface area contributed by atoms with Crippen molar-refractivity contribution in [3.05, 3.63) is 128 Å². The van der Waals surface area contributed by atoms with Crippen LogP contribution in [0, 0.1) is 0 Å². The molecule has 4 aromatic heterocycles. The minimum absolute atomic E-state index is 0. The fourth-order valence-corrected chi connectivity index (χ4v) is 10.4. The summed E-state index contributed by atoms with van der Waals surface area (Å²) in [4.78, 5) is 56.9. The van der Waals surface area contributed by atoms with Gasteiger partial charge in [0.1, 0.15) is 23.0 Å². The summed E-state index contributed by atoms with van der Waals surface area (Å²) >= 11 is 5.76. The predicted octanol–water partition coefficient (Wildman–Crippen LogP) is 7.05. The molecule has 0 bridgehead atoms. The number of anilines is 2. The second-order valence-corrected chi connectivity index (χ2v) is 16.0. The molecule has 2 aliphatic heterocycles. The first-order valence-corrected chi connectivity index (χ1v) is 20.5. The maximum atomic E-state index is 12.8. The first-order valence-electron chi connectivity index (χ1n) is 17.1. The largest absolute Gasteiger partial charge is 1.00 e. The molecule has 16 heteroatoms. The summed E-state index contributed by atoms with van der Waals surface area (Å²) in [5.74, 6) is -1.21. The van der Waals surface area contributed by atoms with Crippen molar-refractivity contribution in [3.63, 3.8) is 0 Å². The Kier molecular flexibility index (Phi) is 14.7. The van der Waals surface area contributed by atoms with E-state index in [1.807, 2.05) is 89.6 Å². The zero-order chi connectivity index (χ0) is 37.6. The van der Waals surface area contributed by atoms with Gasteiger partial charge in [-0.25, -0.2) is 19.2 Å². The van der Waals surface area contributed by atoms with Gasteiger partial charge in [-0.15, -0.1) is 45.3 Å². The number of amides is 2. The van der Waals surface area contributed by atoms with Crippen molar-refractivity contribution < 1.29 is 62.8 Å². The van der Waals surface area contributed by atoms with E-state index in [0.29, 0.717) is 42.3 Å². The van der Waals surface area contributed by atoms with E-state index in [2.05, 4.69) is 0 Å². The molecule has 0 atom stereocenters. The number of hydrogen-bond acceptors (Lipinski definition) is 12. The molecule has 0 unspecified atom stereocenters. The van der Waals surface area contributed by atoms with Gasteiger partial charge in [0, 0.05) is 13.1 Å². The Hall–Kier alpha value is -4.72. The minimum Gasteiger partial charge on any atom is -0.870 e. The van der Waals surface area contributed by atoms with Gasteiger partial charge in [-0.05, 0) is 77.0 Å². The molecule has 0 fully saturated rings. The number of nitrogens with zero attached hydrogens (tertiary/aromatic N) is 2. The third kappa shape index (κ3) is 9.44. The Labute approximate surface area is 351 Å². The average molecular weight is 823 g/mol. The molecule has 2 N–H and O–H groups in total. The Morgan fingerprint density at radius 3 is 1.54 bits per heavy atom. The van der Waals surface area contributed by atoms with Crippen LogP contribution < -0.4 is 28.7 Å². The van der Waals surface area contributed by atoms with E-state index >= 15 is 0 Å². The van der Waals surface area contributed by atoms with Crippen molar-refractivity contribution >= 4 is 80.8 Å². The number of carboxylic acids is 1. The van der Waals surface area contributed by atoms with Crippen molar-refractivity contribution in [2.45, 2.75) is 33.0 Å². The molecule has 11 nitrogen and oxygen atoms in total. The molecule has 6 heterocycles. The van der Waals surface area contributed by atoms with Gasteiger partial charge < -0.3 is 24.8 Å². The van der Waals surface area contributed by atoms with Crippen LogP contribution in [0.4, 0.5) is 21.0 Å². The Morgan fingerprint density at radius 2 is 1.09 bits per heavy atom. The Bertz CT molecular complexity index is 2280. The molecule has 8 rings (SSSR count). The molecule has 2 aromatic carbocycles. The molecule has 6 aromatic rings. The summed E-state index contributed by atoms with van der Waals surface area (Å²) in [6, 6.07) is 26.6. The number of carbonyl (C=O) groups is 4. The molecular weight excluding hydrogens is 788 g/mol. The maximum Gasteiger partial charge on any atom is 1.00 e. The van der Waals surface area contributed by atoms with E-state index in [1.165, 1.54) is 34.0 Å². The Morgan fingerprint density at radius 1 is 0.643 bits per heavy atom. The van der Waals surface area contributed by atoms with Gasteiger partial charge in [-0.2, -0.15) is 0 Å². The van der Waals surface area contributed by atoms with Crippen molar-refractivity contribution in [2.75, 3.05) is 29.5 Å². The van der Waals surface area contributed by atoms with E-state index in [9.17, 15) is 24.3 Å². The normalized spacial score (nSPS) is 12.3. The van der Waals surface area contributed by atoms with E-state index in [1.54, 1.807) is 34.1 Å². The number of benzene rings is 2. The summed E-state index contributed by atoms with van der Waals surface area (Å²) in [7, 11) is 0. The van der Waals surface area contributed by atoms with Crippen LogP contribution in [-0.4, -0.2) is 54.4 Å². The van der Waals surface area contributed by atoms with E-state index in [-0.39, 0.29) is 55.7 Å². The van der Waals surface area contributed by atoms with Crippen LogP contribution in [0.5, 0.6) is 0 Å². The second kappa shape index (κ2) is 19.4. The van der Waals surface area contributed by atoms with Crippen LogP contribution in [0.2, 0.25) is 0 Å². The number of fused-ring (bicyclic) bond motifs is 6. The van der Waals surface area contributed by atoms with Gasteiger partial charge in [-0.1, -0.05) is 60.7 Å². The van der Waals surface area contributed by atoms with E-state index in [4.69, 9.17) is 14.2 Å². The zero-order valence-corrected chi connectivity index (χ0v) is 33.7. The molecule has 0 aliphatic carbocycles. The monoisotopic (exact) mass is 822 g/mol. The van der Waals surface area contributed by atoms with Crippen LogP contribution in [-0.2, 0) is 40.3 Å². The zero-order valence-electron chi connectivity index (χ0n) is 30.5. The van der Waals surface area contributed by atoms with Crippen LogP contribution in [0.1, 0.15) is 48.5 Å². The molecule has 2 aliphatic rings. The van der Waals surface area contributed by atoms with Crippen molar-refractivity contribution in [2.24, 2.45) is 0 Å². The summed E-state index contributed by atoms with van der Waals surface area (Å²) in [5, 5.41) is 13.1. The van der Waals surface area contributed by atoms with Gasteiger partial charge in [0.15, 0.2) is 0 Å². The van der Waals surface area contributed by atoms with Gasteiger partial charge in [0.05, 0.1) is 37.5 Å². The molecule has 0 saturated carbocycles. The van der Waals surface area contributed by atoms with E-state index < -0.39 is 5.97 Å². The number of thiophene rings is 4. The standard InChI is InChI=1S/C21H19NO4S2.C19H15NO4S2.Li.H2O/c1-2-25-20(23)17-12-15-8-10-22(16-9-11-27-19(16)18(15)28-17)21(24)26-13-14-6-4-3-5-7-14;21-18(22)15-10-13-6-8-20(14-7-9-25-17(14)16(13)26-15)19(23)24-11-12-4-2-1-3-5-12;;/h3-7,9,11-12H,2,8,10,13H2,1H3;1-5,7,9-10H,6,8,11H2,(H,21,22);;1H2/q;;+1;/p-1. The van der Waals surface area contributed by atoms with Crippen molar-refractivity contribution in [1.29, 1.82) is 0 Å². The number of rotatable bonds is 7. The number of hydrogen-bond donors (Lipinski definition) is 1. The summed E-state index contributed by atoms with van der Waals surface area (Å²) in [6.45, 7) is 3.58. The molecule has 284 valence electrons. The fourth-order valence-electron chi connectivity index (χ4n) is 6.07. The second-order valence-electron chi connectivity index (χ2n) is 12.1. The first kappa shape index (κ1) is 42.4. The number of ether oxygens (including phenoxy) is 3. The summed E-state index contributed by atoms with van der Waals surface area (Å²) < 4.78 is 16.2. The molecule has 0 saturated heterocycles. The number of carboxylic acid groups (broad SMARTS) is 1. The fraction of sp³-hybridized carbons (Fsp3) is 0.200. The predicted molar refractivity (Wildman–Crippen MR) is 215 cm³/mol. The van der Waals surface area contributed by atoms with Crippen LogP contribution in [0.15, 0.2) is 95.7 Å². The Balaban J connectivity index is 0.000000207. The van der Waals surface area contributed by atoms with Crippen LogP contribution in [0.3, 0.4) is 0 Å². The van der Waals surface area contributed by atoms with Crippen LogP contribution in [0.25, 0.3) is 19.5 Å². The number of carbonyl (C=O) groups excluding carboxylic acids is 3. The molecule has 56 heavy (non-hydrogen) atoms. The molecular formula is C40H35LiN2O9S4. The first-order chi connectivity index (χ1) is 26.3.